The number of pyridine rings is 2. The van der Waals surface area contributed by atoms with Crippen LogP contribution in [-0.2, 0) is 14.1 Å². The van der Waals surface area contributed by atoms with E-state index in [1.54, 1.807) is 42.6 Å². The van der Waals surface area contributed by atoms with Crippen LogP contribution in [0.25, 0.3) is 22.8 Å². The van der Waals surface area contributed by atoms with Gasteiger partial charge < -0.3 is 0 Å². The Labute approximate surface area is 156 Å². The van der Waals surface area contributed by atoms with Gasteiger partial charge in [-0.25, -0.2) is 19.1 Å². The Morgan fingerprint density at radius 2 is 1.62 bits per heavy atom. The number of hydrogen-bond donors (Lipinski definition) is 1. The third-order valence-corrected chi connectivity index (χ3v) is 4.02. The van der Waals surface area contributed by atoms with Crippen LogP contribution in [0.3, 0.4) is 0 Å². The Kier molecular flexibility index (Phi) is 5.32. The third kappa shape index (κ3) is 4.09. The van der Waals surface area contributed by atoms with Crippen LogP contribution in [0.1, 0.15) is 0 Å². The minimum absolute atomic E-state index is 0.223. The van der Waals surface area contributed by atoms with E-state index in [4.69, 9.17) is 0 Å². The molecule has 0 aromatic carbocycles. The average molecular weight is 415 g/mol. The summed E-state index contributed by atoms with van der Waals surface area (Å²) in [4.78, 5) is 25.8. The molecule has 0 aliphatic carbocycles. The van der Waals surface area contributed by atoms with Crippen molar-refractivity contribution in [2.45, 2.75) is 0 Å². The molecule has 4 aromatic rings. The largest absolute Gasteiger partial charge is 0.343 e. The van der Waals surface area contributed by atoms with E-state index in [1.807, 2.05) is 25.2 Å². The lowest BCUT2D eigenvalue weighted by atomic mass is 10.3. The van der Waals surface area contributed by atoms with Crippen LogP contribution in [0.2, 0.25) is 0 Å². The lowest BCUT2D eigenvalue weighted by molar-refractivity contribution is 0.736. The van der Waals surface area contributed by atoms with Gasteiger partial charge in [-0.05, 0) is 40.2 Å². The van der Waals surface area contributed by atoms with E-state index in [0.717, 1.165) is 11.1 Å². The molecule has 0 saturated heterocycles. The zero-order valence-corrected chi connectivity index (χ0v) is 15.6. The van der Waals surface area contributed by atoms with Crippen molar-refractivity contribution < 1.29 is 0 Å². The number of nitrogens with zero attached hydrogens (tertiary/aromatic N) is 7. The Morgan fingerprint density at radius 3 is 2.08 bits per heavy atom. The van der Waals surface area contributed by atoms with Gasteiger partial charge in [-0.1, -0.05) is 0 Å². The van der Waals surface area contributed by atoms with Gasteiger partial charge in [0.2, 0.25) is 0 Å². The van der Waals surface area contributed by atoms with Crippen LogP contribution in [0.5, 0.6) is 0 Å². The predicted octanol–water partition coefficient (Wildman–Crippen LogP) is 1.81. The molecule has 0 aliphatic rings. The fourth-order valence-electron chi connectivity index (χ4n) is 2.02. The summed E-state index contributed by atoms with van der Waals surface area (Å²) in [5.41, 5.74) is 1.50. The van der Waals surface area contributed by atoms with Crippen molar-refractivity contribution in [2.24, 2.45) is 14.1 Å². The van der Waals surface area contributed by atoms with Crippen molar-refractivity contribution in [1.29, 1.82) is 0 Å². The molecular weight excluding hydrogens is 400 g/mol. The standard InChI is InChI=1S/C8H7BrN4.C8H8N4O/c1-13-8(9)11-7(12-13)6-3-2-4-10-5-6;1-12-8(13)10-7(11-12)6-3-2-4-9-5-6/h2-5H,1H3;2-5H,1H3,(H,10,11,13). The van der Waals surface area contributed by atoms with Gasteiger partial charge in [0.1, 0.15) is 0 Å². The number of H-pyrrole nitrogens is 1. The van der Waals surface area contributed by atoms with E-state index in [1.165, 1.54) is 4.68 Å². The van der Waals surface area contributed by atoms with Gasteiger partial charge in [0.05, 0.1) is 0 Å². The van der Waals surface area contributed by atoms with Crippen molar-refractivity contribution in [1.82, 2.24) is 39.5 Å². The number of hydrogen-bond acceptors (Lipinski definition) is 6. The summed E-state index contributed by atoms with van der Waals surface area (Å²) in [7, 11) is 3.43. The third-order valence-electron chi connectivity index (χ3n) is 3.33. The maximum Gasteiger partial charge on any atom is 0.343 e. The fraction of sp³-hybridized carbons (Fsp3) is 0.125. The first kappa shape index (κ1) is 17.7. The molecule has 0 bridgehead atoms. The number of aryl methyl sites for hydroxylation is 2. The number of rotatable bonds is 2. The summed E-state index contributed by atoms with van der Waals surface area (Å²) >= 11 is 3.28. The molecule has 9 nitrogen and oxygen atoms in total. The molecule has 0 radical (unpaired) electrons. The molecule has 0 fully saturated rings. The quantitative estimate of drug-likeness (QED) is 0.535. The second-order valence-corrected chi connectivity index (χ2v) is 5.92. The van der Waals surface area contributed by atoms with Gasteiger partial charge in [0.25, 0.3) is 0 Å². The highest BCUT2D eigenvalue weighted by molar-refractivity contribution is 9.10. The van der Waals surface area contributed by atoms with Crippen LogP contribution >= 0.6 is 15.9 Å². The van der Waals surface area contributed by atoms with Crippen LogP contribution in [-0.4, -0.2) is 39.5 Å². The molecule has 0 saturated carbocycles. The Morgan fingerprint density at radius 1 is 0.962 bits per heavy atom. The first-order chi connectivity index (χ1) is 12.5. The minimum atomic E-state index is -0.223. The van der Waals surface area contributed by atoms with Crippen molar-refractivity contribution in [3.63, 3.8) is 0 Å². The van der Waals surface area contributed by atoms with Crippen LogP contribution in [0, 0.1) is 0 Å². The van der Waals surface area contributed by atoms with Gasteiger partial charge >= 0.3 is 5.69 Å². The van der Waals surface area contributed by atoms with Crippen LogP contribution in [0.15, 0.2) is 58.6 Å². The van der Waals surface area contributed by atoms with Crippen molar-refractivity contribution in [3.8, 4) is 22.8 Å². The molecule has 26 heavy (non-hydrogen) atoms. The normalized spacial score (nSPS) is 10.3. The summed E-state index contributed by atoms with van der Waals surface area (Å²) in [5, 5.41) is 8.19. The molecule has 4 rings (SSSR count). The molecule has 0 amide bonds. The summed E-state index contributed by atoms with van der Waals surface area (Å²) in [6.07, 6.45) is 6.78. The zero-order valence-electron chi connectivity index (χ0n) is 14.0. The molecule has 1 N–H and O–H groups in total. The van der Waals surface area contributed by atoms with Gasteiger partial charge in [0.15, 0.2) is 16.4 Å². The van der Waals surface area contributed by atoms with Crippen molar-refractivity contribution >= 4 is 15.9 Å². The Balaban J connectivity index is 0.000000151. The number of halogens is 1. The summed E-state index contributed by atoms with van der Waals surface area (Å²) in [6, 6.07) is 7.42. The lowest BCUT2D eigenvalue weighted by Gasteiger charge is -1.91. The molecule has 0 aliphatic heterocycles. The van der Waals surface area contributed by atoms with Gasteiger partial charge in [-0.3, -0.25) is 15.0 Å². The topological polar surface area (TPSA) is 107 Å². The summed E-state index contributed by atoms with van der Waals surface area (Å²) in [6.45, 7) is 0. The fourth-order valence-corrected chi connectivity index (χ4v) is 2.27. The second kappa shape index (κ2) is 7.83. The van der Waals surface area contributed by atoms with Crippen molar-refractivity contribution in [2.75, 3.05) is 0 Å². The van der Waals surface area contributed by atoms with Crippen LogP contribution < -0.4 is 5.69 Å². The molecule has 4 aromatic heterocycles. The molecule has 132 valence electrons. The minimum Gasteiger partial charge on any atom is -0.289 e. The van der Waals surface area contributed by atoms with E-state index in [-0.39, 0.29) is 5.69 Å². The Bertz CT molecular complexity index is 1020. The molecule has 10 heteroatoms. The molecular formula is C16H15BrN8O. The van der Waals surface area contributed by atoms with Gasteiger partial charge in [0, 0.05) is 50.0 Å². The Hall–Kier alpha value is -3.14. The SMILES string of the molecule is Cn1nc(-c2cccnc2)[nH]c1=O.Cn1nc(-c2cccnc2)nc1Br. The average Bonchev–Trinajstić information content (AvgIpc) is 3.19. The maximum atomic E-state index is 11.0. The maximum absolute atomic E-state index is 11.0. The highest BCUT2D eigenvalue weighted by Gasteiger charge is 2.06. The van der Waals surface area contributed by atoms with E-state index < -0.39 is 0 Å². The van der Waals surface area contributed by atoms with E-state index in [0.29, 0.717) is 16.4 Å². The highest BCUT2D eigenvalue weighted by Crippen LogP contribution is 2.15. The number of aromatic amines is 1. The summed E-state index contributed by atoms with van der Waals surface area (Å²) in [5.74, 6) is 1.23. The van der Waals surface area contributed by atoms with Gasteiger partial charge in [-0.15, -0.1) is 0 Å². The molecule has 0 atom stereocenters. The number of nitrogens with one attached hydrogen (secondary N) is 1. The van der Waals surface area contributed by atoms with E-state index in [2.05, 4.69) is 46.1 Å². The predicted molar refractivity (Wildman–Crippen MR) is 99.0 cm³/mol. The zero-order chi connectivity index (χ0) is 18.5. The molecule has 4 heterocycles. The van der Waals surface area contributed by atoms with Crippen molar-refractivity contribution in [3.05, 3.63) is 64.3 Å². The summed E-state index contributed by atoms with van der Waals surface area (Å²) < 4.78 is 3.64. The number of aromatic nitrogens is 8. The smallest absolute Gasteiger partial charge is 0.289 e. The lowest BCUT2D eigenvalue weighted by Crippen LogP contribution is -2.13. The molecule has 0 unspecified atom stereocenters. The first-order valence-electron chi connectivity index (χ1n) is 7.55. The van der Waals surface area contributed by atoms with Crippen LogP contribution in [0.4, 0.5) is 0 Å². The second-order valence-electron chi connectivity index (χ2n) is 5.21. The van der Waals surface area contributed by atoms with Gasteiger partial charge in [-0.2, -0.15) is 10.2 Å². The highest BCUT2D eigenvalue weighted by atomic mass is 79.9. The monoisotopic (exact) mass is 414 g/mol. The van der Waals surface area contributed by atoms with E-state index >= 15 is 0 Å². The molecule has 0 spiro atoms. The van der Waals surface area contributed by atoms with E-state index in [9.17, 15) is 4.79 Å². The first-order valence-corrected chi connectivity index (χ1v) is 8.34.